The lowest BCUT2D eigenvalue weighted by Crippen LogP contribution is -2.38. The minimum atomic E-state index is -0.749. The molecule has 2 amide bonds. The van der Waals surface area contributed by atoms with E-state index in [4.69, 9.17) is 14.4 Å². The Kier molecular flexibility index (Phi) is 5.01. The van der Waals surface area contributed by atoms with Gasteiger partial charge in [-0.05, 0) is 43.2 Å². The van der Waals surface area contributed by atoms with Crippen LogP contribution in [0.4, 0.5) is 9.18 Å². The van der Waals surface area contributed by atoms with E-state index in [9.17, 15) is 9.18 Å². The third-order valence-corrected chi connectivity index (χ3v) is 2.47. The molecule has 3 N–H and O–H groups in total. The zero-order chi connectivity index (χ0) is 15.9. The summed E-state index contributed by atoms with van der Waals surface area (Å²) in [6, 6.07) is 7.44. The Bertz CT molecular complexity index is 700. The molecule has 1 aromatic heterocycles. The summed E-state index contributed by atoms with van der Waals surface area (Å²) in [6.45, 7) is 1.64. The lowest BCUT2D eigenvalue weighted by atomic mass is 10.3. The molecule has 6 nitrogen and oxygen atoms in total. The van der Waals surface area contributed by atoms with E-state index in [2.05, 4.69) is 17.2 Å². The number of rotatable bonds is 3. The van der Waals surface area contributed by atoms with Gasteiger partial charge in [-0.3, -0.25) is 5.21 Å². The summed E-state index contributed by atoms with van der Waals surface area (Å²) < 4.78 is 23.5. The fourth-order valence-electron chi connectivity index (χ4n) is 1.51. The van der Waals surface area contributed by atoms with Crippen LogP contribution in [0.15, 0.2) is 40.8 Å². The number of carbonyl (C=O) groups is 1. The lowest BCUT2D eigenvalue weighted by Gasteiger charge is -2.04. The third kappa shape index (κ3) is 4.54. The summed E-state index contributed by atoms with van der Waals surface area (Å²) in [7, 11) is 0. The first-order valence-electron chi connectivity index (χ1n) is 6.32. The Balaban J connectivity index is 1.97. The van der Waals surface area contributed by atoms with Gasteiger partial charge in [0.15, 0.2) is 5.76 Å². The van der Waals surface area contributed by atoms with Gasteiger partial charge in [0.05, 0.1) is 6.04 Å². The second-order valence-electron chi connectivity index (χ2n) is 4.25. The molecule has 0 aliphatic rings. The molecule has 0 spiro atoms. The average molecular weight is 304 g/mol. The van der Waals surface area contributed by atoms with Crippen molar-refractivity contribution in [2.45, 2.75) is 13.0 Å². The van der Waals surface area contributed by atoms with Gasteiger partial charge in [0, 0.05) is 6.07 Å². The minimum Gasteiger partial charge on any atom is -0.426 e. The highest BCUT2D eigenvalue weighted by atomic mass is 19.1. The Morgan fingerprint density at radius 2 is 2.05 bits per heavy atom. The van der Waals surface area contributed by atoms with Crippen LogP contribution in [0.5, 0.6) is 11.7 Å². The van der Waals surface area contributed by atoms with E-state index < -0.39 is 12.1 Å². The van der Waals surface area contributed by atoms with Crippen molar-refractivity contribution in [3.05, 3.63) is 48.0 Å². The van der Waals surface area contributed by atoms with Crippen LogP contribution in [0, 0.1) is 17.7 Å². The summed E-state index contributed by atoms with van der Waals surface area (Å²) >= 11 is 0. The highest BCUT2D eigenvalue weighted by Crippen LogP contribution is 2.23. The molecular weight excluding hydrogens is 291 g/mol. The van der Waals surface area contributed by atoms with Gasteiger partial charge >= 0.3 is 6.03 Å². The van der Waals surface area contributed by atoms with Crippen LogP contribution in [0.25, 0.3) is 0 Å². The van der Waals surface area contributed by atoms with Crippen LogP contribution < -0.4 is 15.5 Å². The van der Waals surface area contributed by atoms with E-state index in [0.717, 1.165) is 0 Å². The van der Waals surface area contributed by atoms with Crippen molar-refractivity contribution in [2.75, 3.05) is 0 Å². The molecule has 2 rings (SSSR count). The largest absolute Gasteiger partial charge is 0.426 e. The molecule has 0 unspecified atom stereocenters. The van der Waals surface area contributed by atoms with Crippen molar-refractivity contribution in [1.29, 1.82) is 0 Å². The summed E-state index contributed by atoms with van der Waals surface area (Å²) in [5.41, 5.74) is 1.44. The molecule has 0 radical (unpaired) electrons. The number of amides is 2. The standard InChI is InChI=1S/C15H13FN2O4/c1-10(17-15(19)18-20)2-5-12-8-9-14(21-12)22-13-6-3-11(16)4-7-13/h3-4,6-10,20H,1H3,(H2,17,18,19)/t10-/m1/s1. The van der Waals surface area contributed by atoms with Crippen molar-refractivity contribution in [2.24, 2.45) is 0 Å². The van der Waals surface area contributed by atoms with E-state index >= 15 is 0 Å². The van der Waals surface area contributed by atoms with Gasteiger partial charge in [-0.15, -0.1) is 0 Å². The predicted octanol–water partition coefficient (Wildman–Crippen LogP) is 2.64. The first kappa shape index (κ1) is 15.4. The number of carbonyl (C=O) groups excluding carboxylic acids is 1. The van der Waals surface area contributed by atoms with Gasteiger partial charge in [0.1, 0.15) is 11.6 Å². The van der Waals surface area contributed by atoms with Gasteiger partial charge in [0.25, 0.3) is 5.95 Å². The maximum atomic E-state index is 12.8. The van der Waals surface area contributed by atoms with Gasteiger partial charge < -0.3 is 14.5 Å². The number of hydroxylamine groups is 1. The maximum absolute atomic E-state index is 12.8. The fraction of sp³-hybridized carbons (Fsp3) is 0.133. The van der Waals surface area contributed by atoms with Gasteiger partial charge in [-0.2, -0.15) is 0 Å². The van der Waals surface area contributed by atoms with E-state index in [1.165, 1.54) is 29.7 Å². The Hall–Kier alpha value is -2.98. The number of urea groups is 1. The second kappa shape index (κ2) is 7.15. The summed E-state index contributed by atoms with van der Waals surface area (Å²) in [6.07, 6.45) is 0. The first-order chi connectivity index (χ1) is 10.6. The molecule has 1 atom stereocenters. The highest BCUT2D eigenvalue weighted by Gasteiger charge is 2.04. The van der Waals surface area contributed by atoms with Crippen molar-refractivity contribution in [3.63, 3.8) is 0 Å². The summed E-state index contributed by atoms with van der Waals surface area (Å²) in [5.74, 6) is 6.06. The van der Waals surface area contributed by atoms with Crippen molar-refractivity contribution in [1.82, 2.24) is 10.8 Å². The first-order valence-corrected chi connectivity index (χ1v) is 6.32. The van der Waals surface area contributed by atoms with E-state index in [0.29, 0.717) is 11.5 Å². The fourth-order valence-corrected chi connectivity index (χ4v) is 1.51. The molecule has 0 saturated heterocycles. The molecule has 2 aromatic rings. The molecule has 0 fully saturated rings. The topological polar surface area (TPSA) is 83.7 Å². The minimum absolute atomic E-state index is 0.213. The lowest BCUT2D eigenvalue weighted by molar-refractivity contribution is 0.161. The number of hydrogen-bond acceptors (Lipinski definition) is 4. The zero-order valence-electron chi connectivity index (χ0n) is 11.6. The number of ether oxygens (including phenoxy) is 1. The van der Waals surface area contributed by atoms with Crippen molar-refractivity contribution in [3.8, 4) is 23.5 Å². The predicted molar refractivity (Wildman–Crippen MR) is 75.0 cm³/mol. The van der Waals surface area contributed by atoms with Crippen LogP contribution in [0.2, 0.25) is 0 Å². The average Bonchev–Trinajstić information content (AvgIpc) is 2.95. The van der Waals surface area contributed by atoms with Crippen LogP contribution in [-0.4, -0.2) is 17.3 Å². The molecule has 0 bridgehead atoms. The number of furan rings is 1. The molecule has 0 saturated carbocycles. The zero-order valence-corrected chi connectivity index (χ0v) is 11.6. The van der Waals surface area contributed by atoms with Gasteiger partial charge in [0.2, 0.25) is 0 Å². The van der Waals surface area contributed by atoms with E-state index in [1.54, 1.807) is 19.1 Å². The number of nitrogens with one attached hydrogen (secondary N) is 2. The van der Waals surface area contributed by atoms with Gasteiger partial charge in [-0.1, -0.05) is 5.92 Å². The smallest absolute Gasteiger partial charge is 0.339 e. The third-order valence-electron chi connectivity index (χ3n) is 2.47. The Labute approximate surface area is 125 Å². The Morgan fingerprint density at radius 1 is 1.32 bits per heavy atom. The molecule has 114 valence electrons. The summed E-state index contributed by atoms with van der Waals surface area (Å²) in [4.78, 5) is 10.9. The van der Waals surface area contributed by atoms with Crippen LogP contribution in [0.3, 0.4) is 0 Å². The van der Waals surface area contributed by atoms with Crippen molar-refractivity contribution < 1.29 is 23.5 Å². The number of benzene rings is 1. The molecular formula is C15H13FN2O4. The molecule has 7 heteroatoms. The van der Waals surface area contributed by atoms with Gasteiger partial charge in [-0.25, -0.2) is 14.7 Å². The maximum Gasteiger partial charge on any atom is 0.339 e. The quantitative estimate of drug-likeness (QED) is 0.462. The summed E-state index contributed by atoms with van der Waals surface area (Å²) in [5, 5.41) is 10.7. The normalized spacial score (nSPS) is 11.0. The van der Waals surface area contributed by atoms with Crippen LogP contribution in [0.1, 0.15) is 12.7 Å². The van der Waals surface area contributed by atoms with Crippen LogP contribution in [-0.2, 0) is 0 Å². The Morgan fingerprint density at radius 3 is 2.73 bits per heavy atom. The molecule has 1 heterocycles. The number of hydrogen-bond donors (Lipinski definition) is 3. The second-order valence-corrected chi connectivity index (χ2v) is 4.25. The van der Waals surface area contributed by atoms with E-state index in [1.807, 2.05) is 0 Å². The highest BCUT2D eigenvalue weighted by molar-refractivity contribution is 5.73. The van der Waals surface area contributed by atoms with Crippen molar-refractivity contribution >= 4 is 6.03 Å². The molecule has 0 aliphatic carbocycles. The van der Waals surface area contributed by atoms with Crippen LogP contribution >= 0.6 is 0 Å². The SMILES string of the molecule is C[C@H](C#Cc1ccc(Oc2ccc(F)cc2)o1)NC(=O)NO. The monoisotopic (exact) mass is 304 g/mol. The number of halogens is 1. The molecule has 22 heavy (non-hydrogen) atoms. The van der Waals surface area contributed by atoms with E-state index in [-0.39, 0.29) is 11.8 Å². The molecule has 0 aliphatic heterocycles. The molecule has 1 aromatic carbocycles.